The molecule has 2 heterocycles. The highest BCUT2D eigenvalue weighted by Gasteiger charge is 2.54. The van der Waals surface area contributed by atoms with Crippen LogP contribution in [0, 0.1) is 11.6 Å². The van der Waals surface area contributed by atoms with Crippen LogP contribution in [-0.2, 0) is 21.9 Å². The number of likely N-dealkylation sites (N-methyl/N-ethyl adjacent to an activating group) is 1. The zero-order valence-electron chi connectivity index (χ0n) is 20.8. The van der Waals surface area contributed by atoms with Crippen LogP contribution >= 0.6 is 11.6 Å². The summed E-state index contributed by atoms with van der Waals surface area (Å²) in [6, 6.07) is -0.0948. The van der Waals surface area contributed by atoms with Gasteiger partial charge in [-0.3, -0.25) is 14.5 Å². The summed E-state index contributed by atoms with van der Waals surface area (Å²) < 4.78 is 81.2. The second kappa shape index (κ2) is 8.14. The molecule has 1 saturated carbocycles. The van der Waals surface area contributed by atoms with Gasteiger partial charge in [0.05, 0.1) is 10.7 Å². The molecule has 5 rings (SSSR count). The van der Waals surface area contributed by atoms with Crippen molar-refractivity contribution in [3.63, 3.8) is 0 Å². The Bertz CT molecular complexity index is 1360. The van der Waals surface area contributed by atoms with E-state index in [1.807, 2.05) is 0 Å². The van der Waals surface area contributed by atoms with Crippen molar-refractivity contribution >= 4 is 34.9 Å². The third-order valence-corrected chi connectivity index (χ3v) is 6.85. The Morgan fingerprint density at radius 3 is 2.63 bits per heavy atom. The number of hydrogen-bond acceptors (Lipinski definition) is 5. The van der Waals surface area contributed by atoms with Gasteiger partial charge in [0, 0.05) is 23.6 Å². The molecule has 3 atom stereocenters. The number of aromatic nitrogens is 1. The van der Waals surface area contributed by atoms with Crippen molar-refractivity contribution in [3.05, 3.63) is 51.7 Å². The van der Waals surface area contributed by atoms with E-state index in [0.29, 0.717) is 34.9 Å². The van der Waals surface area contributed by atoms with E-state index in [9.17, 15) is 37.4 Å². The standard InChI is InChI=1S/C23H20ClF4N3O4/c1-30(15-7-12(24)13(25)8-14(15)26)21(34)17-18(32)19(33)22(35)31(17)16-6-11(9-2-3-9)10-4-5-23(27,28)20(10)29-16/h6-9,17-19,32-33H,2-5H2,1H3/t17-,18-,19-/m0/s1/i1D3. The summed E-state index contributed by atoms with van der Waals surface area (Å²) in [6.07, 6.45) is -3.57. The first-order valence-electron chi connectivity index (χ1n) is 12.2. The maximum absolute atomic E-state index is 14.7. The maximum atomic E-state index is 14.7. The van der Waals surface area contributed by atoms with Crippen molar-refractivity contribution in [1.82, 2.24) is 4.98 Å². The number of halogens is 5. The minimum Gasteiger partial charge on any atom is -0.387 e. The van der Waals surface area contributed by atoms with Gasteiger partial charge >= 0.3 is 0 Å². The van der Waals surface area contributed by atoms with E-state index in [1.165, 1.54) is 6.07 Å². The molecule has 1 aliphatic heterocycles. The van der Waals surface area contributed by atoms with E-state index in [2.05, 4.69) is 4.98 Å². The van der Waals surface area contributed by atoms with E-state index < -0.39 is 83.2 Å². The van der Waals surface area contributed by atoms with Crippen LogP contribution in [-0.4, -0.2) is 52.2 Å². The summed E-state index contributed by atoms with van der Waals surface area (Å²) in [7, 11) is 0. The number of carbonyl (C=O) groups is 2. The van der Waals surface area contributed by atoms with Gasteiger partial charge in [0.2, 0.25) is 0 Å². The molecule has 2 N–H and O–H groups in total. The Labute approximate surface area is 206 Å². The molecule has 0 spiro atoms. The second-order valence-corrected chi connectivity index (χ2v) is 9.26. The van der Waals surface area contributed by atoms with Crippen LogP contribution in [0.3, 0.4) is 0 Å². The van der Waals surface area contributed by atoms with Gasteiger partial charge in [-0.2, -0.15) is 8.78 Å². The van der Waals surface area contributed by atoms with Crippen LogP contribution in [0.5, 0.6) is 0 Å². The number of alkyl halides is 2. The quantitative estimate of drug-likeness (QED) is 0.481. The summed E-state index contributed by atoms with van der Waals surface area (Å²) in [5.74, 6) is -9.55. The topological polar surface area (TPSA) is 94.0 Å². The first kappa shape index (κ1) is 20.4. The fraction of sp³-hybridized carbons (Fsp3) is 0.435. The molecule has 35 heavy (non-hydrogen) atoms. The largest absolute Gasteiger partial charge is 0.387 e. The minimum atomic E-state index is -3.45. The molecule has 1 aromatic carbocycles. The molecule has 1 aromatic heterocycles. The fourth-order valence-corrected chi connectivity index (χ4v) is 4.78. The van der Waals surface area contributed by atoms with Crippen LogP contribution in [0.2, 0.25) is 5.02 Å². The summed E-state index contributed by atoms with van der Waals surface area (Å²) in [5, 5.41) is 20.2. The molecular formula is C23H20ClF4N3O4. The van der Waals surface area contributed by atoms with Crippen LogP contribution < -0.4 is 9.80 Å². The molecule has 1 saturated heterocycles. The van der Waals surface area contributed by atoms with E-state index in [-0.39, 0.29) is 23.3 Å². The summed E-state index contributed by atoms with van der Waals surface area (Å²) in [6.45, 7) is -3.45. The van der Waals surface area contributed by atoms with Gasteiger partial charge in [0.15, 0.2) is 6.10 Å². The van der Waals surface area contributed by atoms with Crippen molar-refractivity contribution in [2.75, 3.05) is 16.8 Å². The molecule has 12 heteroatoms. The molecule has 2 amide bonds. The molecule has 2 fully saturated rings. The van der Waals surface area contributed by atoms with E-state index in [1.54, 1.807) is 0 Å². The van der Waals surface area contributed by atoms with E-state index in [0.717, 1.165) is 0 Å². The number of aliphatic hydroxyl groups excluding tert-OH is 2. The third kappa shape index (κ3) is 3.76. The predicted molar refractivity (Wildman–Crippen MR) is 116 cm³/mol. The average Bonchev–Trinajstić information content (AvgIpc) is 3.58. The van der Waals surface area contributed by atoms with Crippen LogP contribution in [0.25, 0.3) is 0 Å². The van der Waals surface area contributed by atoms with Gasteiger partial charge < -0.3 is 15.1 Å². The monoisotopic (exact) mass is 516 g/mol. The van der Waals surface area contributed by atoms with Crippen molar-refractivity contribution in [1.29, 1.82) is 0 Å². The first-order chi connectivity index (χ1) is 17.6. The molecule has 0 unspecified atom stereocenters. The second-order valence-electron chi connectivity index (χ2n) is 8.86. The Morgan fingerprint density at radius 1 is 1.26 bits per heavy atom. The minimum absolute atomic E-state index is 0.0421. The zero-order chi connectivity index (χ0) is 27.9. The highest BCUT2D eigenvalue weighted by atomic mass is 35.5. The lowest BCUT2D eigenvalue weighted by Crippen LogP contribution is -2.50. The van der Waals surface area contributed by atoms with Crippen molar-refractivity contribution < 1.29 is 41.5 Å². The number of rotatable bonds is 4. The Hall–Kier alpha value is -2.76. The van der Waals surface area contributed by atoms with Crippen molar-refractivity contribution in [2.24, 2.45) is 0 Å². The van der Waals surface area contributed by atoms with Gasteiger partial charge in [0.1, 0.15) is 35.3 Å². The summed E-state index contributed by atoms with van der Waals surface area (Å²) in [4.78, 5) is 30.9. The predicted octanol–water partition coefficient (Wildman–Crippen LogP) is 3.03. The number of anilines is 2. The lowest BCUT2D eigenvalue weighted by Gasteiger charge is -2.29. The normalized spacial score (nSPS) is 26.8. The van der Waals surface area contributed by atoms with Crippen LogP contribution in [0.1, 0.15) is 46.1 Å². The molecule has 2 aromatic rings. The Morgan fingerprint density at radius 2 is 1.97 bits per heavy atom. The summed E-state index contributed by atoms with van der Waals surface area (Å²) in [5.41, 5.74) is -0.782. The molecule has 3 aliphatic rings. The number of aliphatic hydroxyl groups is 2. The molecule has 2 aliphatic carbocycles. The number of benzene rings is 1. The number of fused-ring (bicyclic) bond motifs is 1. The highest BCUT2D eigenvalue weighted by molar-refractivity contribution is 6.31. The number of hydrogen-bond donors (Lipinski definition) is 2. The molecule has 0 radical (unpaired) electrons. The van der Waals surface area contributed by atoms with E-state index >= 15 is 0 Å². The third-order valence-electron chi connectivity index (χ3n) is 6.56. The number of carbonyl (C=O) groups excluding carboxylic acids is 2. The first-order valence-corrected chi connectivity index (χ1v) is 11.1. The SMILES string of the molecule is [2H]C([2H])([2H])N(C(=O)[C@@H]1[C@H](O)[C@H](O)C(=O)N1c1cc(C2CC2)c2c(n1)C(F)(F)CC2)c1cc(Cl)c(F)cc1F. The average molecular weight is 517 g/mol. The Balaban J connectivity index is 1.65. The van der Waals surface area contributed by atoms with Crippen molar-refractivity contribution in [2.45, 2.75) is 55.8 Å². The maximum Gasteiger partial charge on any atom is 0.290 e. The molecule has 0 bridgehead atoms. The van der Waals surface area contributed by atoms with Gasteiger partial charge in [0.25, 0.3) is 17.7 Å². The Kier molecular flexibility index (Phi) is 4.75. The zero-order valence-corrected chi connectivity index (χ0v) is 18.6. The lowest BCUT2D eigenvalue weighted by atomic mass is 10.0. The molecule has 7 nitrogen and oxygen atoms in total. The number of pyridine rings is 1. The van der Waals surface area contributed by atoms with Crippen molar-refractivity contribution in [3.8, 4) is 0 Å². The smallest absolute Gasteiger partial charge is 0.290 e. The number of nitrogens with zero attached hydrogens (tertiary/aromatic N) is 3. The van der Waals surface area contributed by atoms with Crippen LogP contribution in [0.15, 0.2) is 18.2 Å². The van der Waals surface area contributed by atoms with Gasteiger partial charge in [-0.25, -0.2) is 13.8 Å². The lowest BCUT2D eigenvalue weighted by molar-refractivity contribution is -0.126. The van der Waals surface area contributed by atoms with Gasteiger partial charge in [-0.05, 0) is 48.4 Å². The molecular weight excluding hydrogens is 494 g/mol. The number of amides is 2. The molecule has 186 valence electrons. The van der Waals surface area contributed by atoms with Crippen LogP contribution in [0.4, 0.5) is 29.1 Å². The fourth-order valence-electron chi connectivity index (χ4n) is 4.62. The van der Waals surface area contributed by atoms with Gasteiger partial charge in [-0.1, -0.05) is 11.6 Å². The highest BCUT2D eigenvalue weighted by Crippen LogP contribution is 2.50. The van der Waals surface area contributed by atoms with Gasteiger partial charge in [-0.15, -0.1) is 0 Å². The van der Waals surface area contributed by atoms with E-state index in [4.69, 9.17) is 15.7 Å². The summed E-state index contributed by atoms with van der Waals surface area (Å²) >= 11 is 5.68.